The summed E-state index contributed by atoms with van der Waals surface area (Å²) >= 11 is 0. The van der Waals surface area contributed by atoms with Crippen LogP contribution in [0.15, 0.2) is 72.0 Å². The molecule has 9 nitrogen and oxygen atoms in total. The highest BCUT2D eigenvalue weighted by molar-refractivity contribution is 5.96. The number of amides is 1. The normalized spacial score (nSPS) is 10.9. The van der Waals surface area contributed by atoms with E-state index in [1.165, 1.54) is 6.20 Å². The van der Waals surface area contributed by atoms with E-state index >= 15 is 0 Å². The van der Waals surface area contributed by atoms with Crippen molar-refractivity contribution in [3.63, 3.8) is 0 Å². The van der Waals surface area contributed by atoms with Crippen molar-refractivity contribution in [3.8, 4) is 23.1 Å². The quantitative estimate of drug-likeness (QED) is 0.262. The zero-order valence-electron chi connectivity index (χ0n) is 18.5. The largest absolute Gasteiger partial charge is 0.493 e. The molecular weight excluding hydrogens is 424 g/mol. The zero-order chi connectivity index (χ0) is 23.5. The minimum Gasteiger partial charge on any atom is -0.493 e. The summed E-state index contributed by atoms with van der Waals surface area (Å²) in [6, 6.07) is 18.3. The van der Waals surface area contributed by atoms with Crippen molar-refractivity contribution in [1.29, 1.82) is 0 Å². The van der Waals surface area contributed by atoms with E-state index in [2.05, 4.69) is 15.5 Å². The molecule has 1 amide bonds. The summed E-state index contributed by atoms with van der Waals surface area (Å²) in [5.74, 6) is 2.20. The van der Waals surface area contributed by atoms with E-state index in [0.717, 1.165) is 5.56 Å². The molecule has 0 aliphatic heterocycles. The van der Waals surface area contributed by atoms with E-state index in [1.807, 2.05) is 48.5 Å². The number of nitrogens with zero attached hydrogens (tertiary/aromatic N) is 2. The van der Waals surface area contributed by atoms with Crippen LogP contribution in [0.4, 0.5) is 0 Å². The number of rotatable bonds is 11. The number of benzene rings is 2. The Bertz CT molecular complexity index is 1070. The van der Waals surface area contributed by atoms with Crippen LogP contribution in [0.2, 0.25) is 0 Å². The molecule has 0 saturated carbocycles. The topological polar surface area (TPSA) is 117 Å². The van der Waals surface area contributed by atoms with Crippen LogP contribution in [-0.4, -0.2) is 44.1 Å². The molecule has 1 heterocycles. The van der Waals surface area contributed by atoms with Crippen LogP contribution in [-0.2, 0) is 16.1 Å². The molecular formula is C24H26N4O5. The fourth-order valence-electron chi connectivity index (χ4n) is 2.85. The predicted molar refractivity (Wildman–Crippen MR) is 124 cm³/mol. The molecule has 0 saturated heterocycles. The first-order chi connectivity index (χ1) is 16.1. The second kappa shape index (κ2) is 11.9. The summed E-state index contributed by atoms with van der Waals surface area (Å²) in [5.41, 5.74) is 7.45. The first-order valence-electron chi connectivity index (χ1n) is 10.2. The molecule has 172 valence electrons. The van der Waals surface area contributed by atoms with Gasteiger partial charge in [-0.1, -0.05) is 29.4 Å². The molecule has 0 fully saturated rings. The third-order valence-corrected chi connectivity index (χ3v) is 4.54. The fraction of sp³-hybridized carbons (Fsp3) is 0.208. The van der Waals surface area contributed by atoms with Crippen LogP contribution in [0.25, 0.3) is 0 Å². The number of methoxy groups -OCH3 is 2. The Morgan fingerprint density at radius 1 is 1.03 bits per heavy atom. The minimum atomic E-state index is -0.309. The van der Waals surface area contributed by atoms with Crippen LogP contribution < -0.4 is 25.3 Å². The van der Waals surface area contributed by atoms with Crippen LogP contribution in [0, 0.1) is 0 Å². The van der Waals surface area contributed by atoms with Crippen LogP contribution in [0.1, 0.15) is 11.1 Å². The molecule has 2 aromatic carbocycles. The Hall–Kier alpha value is -4.27. The molecule has 0 aliphatic rings. The number of aromatic nitrogens is 1. The standard InChI is InChI=1S/C24H26N4O5/c1-30-20-10-8-17(14-21(20)31-2)12-13-26-22(29)16-32-28-24(25)18-9-11-23(27-15-18)33-19-6-4-3-5-7-19/h3-11,14-15H,12-13,16H2,1-2H3,(H2,25,28)(H,26,29). The number of amidine groups is 1. The number of carbonyl (C=O) groups is 1. The summed E-state index contributed by atoms with van der Waals surface area (Å²) in [4.78, 5) is 21.2. The lowest BCUT2D eigenvalue weighted by molar-refractivity contribution is -0.125. The third kappa shape index (κ3) is 7.13. The minimum absolute atomic E-state index is 0.104. The summed E-state index contributed by atoms with van der Waals surface area (Å²) in [7, 11) is 3.16. The number of ether oxygens (including phenoxy) is 3. The Kier molecular flexibility index (Phi) is 8.47. The van der Waals surface area contributed by atoms with Gasteiger partial charge >= 0.3 is 0 Å². The maximum absolute atomic E-state index is 12.0. The molecule has 0 bridgehead atoms. The Labute approximate surface area is 192 Å². The molecule has 0 unspecified atom stereocenters. The molecule has 1 aromatic heterocycles. The van der Waals surface area contributed by atoms with Gasteiger partial charge in [0.25, 0.3) is 5.91 Å². The molecule has 0 spiro atoms. The van der Waals surface area contributed by atoms with Gasteiger partial charge in [0.05, 0.1) is 14.2 Å². The number of carbonyl (C=O) groups excluding carboxylic acids is 1. The smallest absolute Gasteiger partial charge is 0.260 e. The van der Waals surface area contributed by atoms with Crippen LogP contribution in [0.5, 0.6) is 23.1 Å². The van der Waals surface area contributed by atoms with Crippen molar-refractivity contribution in [1.82, 2.24) is 10.3 Å². The SMILES string of the molecule is COc1ccc(CCNC(=O)CO/N=C(/N)c2ccc(Oc3ccccc3)nc2)cc1OC. The van der Waals surface area contributed by atoms with Gasteiger partial charge in [-0.3, -0.25) is 4.79 Å². The van der Waals surface area contributed by atoms with E-state index in [4.69, 9.17) is 24.8 Å². The summed E-state index contributed by atoms with van der Waals surface area (Å²) in [6.07, 6.45) is 2.14. The number of para-hydroxylation sites is 1. The van der Waals surface area contributed by atoms with E-state index in [0.29, 0.717) is 41.7 Å². The third-order valence-electron chi connectivity index (χ3n) is 4.54. The van der Waals surface area contributed by atoms with E-state index in [-0.39, 0.29) is 18.3 Å². The lowest BCUT2D eigenvalue weighted by Crippen LogP contribution is -2.29. The molecule has 3 aromatic rings. The van der Waals surface area contributed by atoms with Gasteiger partial charge in [-0.15, -0.1) is 0 Å². The van der Waals surface area contributed by atoms with Gasteiger partial charge in [-0.2, -0.15) is 0 Å². The lowest BCUT2D eigenvalue weighted by Gasteiger charge is -2.10. The summed E-state index contributed by atoms with van der Waals surface area (Å²) in [6.45, 7) is 0.179. The van der Waals surface area contributed by atoms with Gasteiger partial charge < -0.3 is 30.1 Å². The van der Waals surface area contributed by atoms with Crippen molar-refractivity contribution < 1.29 is 23.8 Å². The molecule has 33 heavy (non-hydrogen) atoms. The van der Waals surface area contributed by atoms with Crippen molar-refractivity contribution in [2.24, 2.45) is 10.9 Å². The summed E-state index contributed by atoms with van der Waals surface area (Å²) in [5, 5.41) is 6.54. The monoisotopic (exact) mass is 450 g/mol. The lowest BCUT2D eigenvalue weighted by atomic mass is 10.1. The Morgan fingerprint density at radius 3 is 2.52 bits per heavy atom. The average molecular weight is 450 g/mol. The average Bonchev–Trinajstić information content (AvgIpc) is 2.85. The van der Waals surface area contributed by atoms with E-state index in [9.17, 15) is 4.79 Å². The number of nitrogens with one attached hydrogen (secondary N) is 1. The van der Waals surface area contributed by atoms with Crippen molar-refractivity contribution in [2.75, 3.05) is 27.4 Å². The highest BCUT2D eigenvalue weighted by Crippen LogP contribution is 2.27. The first-order valence-corrected chi connectivity index (χ1v) is 10.2. The van der Waals surface area contributed by atoms with Gasteiger partial charge in [-0.05, 0) is 42.3 Å². The number of nitrogens with two attached hydrogens (primary N) is 1. The van der Waals surface area contributed by atoms with Gasteiger partial charge in [0.2, 0.25) is 5.88 Å². The van der Waals surface area contributed by atoms with E-state index < -0.39 is 0 Å². The van der Waals surface area contributed by atoms with Gasteiger partial charge in [0.15, 0.2) is 23.9 Å². The molecule has 3 rings (SSSR count). The molecule has 0 radical (unpaired) electrons. The number of hydrogen-bond donors (Lipinski definition) is 2. The molecule has 3 N–H and O–H groups in total. The second-order valence-corrected chi connectivity index (χ2v) is 6.84. The fourth-order valence-corrected chi connectivity index (χ4v) is 2.85. The van der Waals surface area contributed by atoms with Gasteiger partial charge in [0.1, 0.15) is 5.75 Å². The Balaban J connectivity index is 1.41. The Morgan fingerprint density at radius 2 is 1.82 bits per heavy atom. The second-order valence-electron chi connectivity index (χ2n) is 6.84. The number of oxime groups is 1. The first kappa shape index (κ1) is 23.4. The molecule has 0 atom stereocenters. The maximum atomic E-state index is 12.0. The van der Waals surface area contributed by atoms with Gasteiger partial charge in [0, 0.05) is 24.4 Å². The highest BCUT2D eigenvalue weighted by atomic mass is 16.6. The van der Waals surface area contributed by atoms with Crippen molar-refractivity contribution in [2.45, 2.75) is 6.42 Å². The zero-order valence-corrected chi connectivity index (χ0v) is 18.5. The molecule has 0 aliphatic carbocycles. The van der Waals surface area contributed by atoms with Crippen LogP contribution in [0.3, 0.4) is 0 Å². The van der Waals surface area contributed by atoms with E-state index in [1.54, 1.807) is 26.4 Å². The highest BCUT2D eigenvalue weighted by Gasteiger charge is 2.07. The summed E-state index contributed by atoms with van der Waals surface area (Å²) < 4.78 is 16.1. The van der Waals surface area contributed by atoms with Crippen molar-refractivity contribution >= 4 is 11.7 Å². The number of hydrogen-bond acceptors (Lipinski definition) is 7. The predicted octanol–water partition coefficient (Wildman–Crippen LogP) is 2.89. The van der Waals surface area contributed by atoms with Crippen LogP contribution >= 0.6 is 0 Å². The van der Waals surface area contributed by atoms with Gasteiger partial charge in [-0.25, -0.2) is 4.98 Å². The molecule has 9 heteroatoms. The maximum Gasteiger partial charge on any atom is 0.260 e. The number of pyridine rings is 1. The van der Waals surface area contributed by atoms with Crippen molar-refractivity contribution in [3.05, 3.63) is 78.0 Å².